The van der Waals surface area contributed by atoms with Crippen LogP contribution in [0.15, 0.2) is 29.3 Å². The molecule has 1 unspecified atom stereocenters. The molecule has 0 aromatic heterocycles. The molecule has 0 radical (unpaired) electrons. The van der Waals surface area contributed by atoms with Gasteiger partial charge in [-0.15, -0.1) is 0 Å². The van der Waals surface area contributed by atoms with Gasteiger partial charge in [0.25, 0.3) is 0 Å². The predicted octanol–water partition coefficient (Wildman–Crippen LogP) is 3.49. The van der Waals surface area contributed by atoms with Crippen molar-refractivity contribution in [1.29, 1.82) is 0 Å². The van der Waals surface area contributed by atoms with E-state index >= 15 is 0 Å². The Morgan fingerprint density at radius 1 is 1.31 bits per heavy atom. The van der Waals surface area contributed by atoms with E-state index in [1.165, 1.54) is 12.1 Å². The monoisotopic (exact) mass is 413 g/mol. The molecule has 29 heavy (non-hydrogen) atoms. The molecule has 2 aliphatic rings. The lowest BCUT2D eigenvalue weighted by Gasteiger charge is -2.43. The van der Waals surface area contributed by atoms with E-state index in [1.54, 1.807) is 13.1 Å². The van der Waals surface area contributed by atoms with Crippen LogP contribution in [0.5, 0.6) is 0 Å². The van der Waals surface area contributed by atoms with Crippen molar-refractivity contribution in [3.05, 3.63) is 35.4 Å². The van der Waals surface area contributed by atoms with E-state index in [4.69, 9.17) is 9.47 Å². The number of rotatable bonds is 8. The molecular weight excluding hydrogens is 383 g/mol. The summed E-state index contributed by atoms with van der Waals surface area (Å²) in [4.78, 5) is 4.23. The van der Waals surface area contributed by atoms with E-state index in [2.05, 4.69) is 15.6 Å². The van der Waals surface area contributed by atoms with E-state index in [0.717, 1.165) is 50.3 Å². The van der Waals surface area contributed by atoms with Gasteiger partial charge in [0.05, 0.1) is 18.3 Å². The van der Waals surface area contributed by atoms with Crippen LogP contribution in [0, 0.1) is 0 Å². The standard InChI is InChI=1S/C21H30F3N3O2/c1-25-19(26-10-4-11-29-18-7-12-28-14-18)27-15-20(8-3-9-20)16-5-2-6-17(13-16)21(22,23)24/h2,5-6,13,18H,3-4,7-12,14-15H2,1H3,(H2,25,26,27). The van der Waals surface area contributed by atoms with Crippen molar-refractivity contribution in [1.82, 2.24) is 10.6 Å². The molecule has 8 heteroatoms. The van der Waals surface area contributed by atoms with E-state index < -0.39 is 11.7 Å². The molecule has 162 valence electrons. The fourth-order valence-corrected chi connectivity index (χ4v) is 3.84. The fourth-order valence-electron chi connectivity index (χ4n) is 3.84. The first kappa shape index (κ1) is 21.9. The lowest BCUT2D eigenvalue weighted by Crippen LogP contribution is -2.49. The van der Waals surface area contributed by atoms with Crippen molar-refractivity contribution >= 4 is 5.96 Å². The molecule has 2 N–H and O–H groups in total. The molecule has 0 spiro atoms. The van der Waals surface area contributed by atoms with Gasteiger partial charge in [-0.05, 0) is 37.3 Å². The van der Waals surface area contributed by atoms with Gasteiger partial charge in [-0.2, -0.15) is 13.2 Å². The number of guanidine groups is 1. The summed E-state index contributed by atoms with van der Waals surface area (Å²) >= 11 is 0. The highest BCUT2D eigenvalue weighted by molar-refractivity contribution is 5.79. The van der Waals surface area contributed by atoms with Gasteiger partial charge in [-0.3, -0.25) is 4.99 Å². The topological polar surface area (TPSA) is 54.9 Å². The van der Waals surface area contributed by atoms with Gasteiger partial charge in [0.2, 0.25) is 0 Å². The first-order chi connectivity index (χ1) is 13.9. The van der Waals surface area contributed by atoms with E-state index in [0.29, 0.717) is 32.3 Å². The summed E-state index contributed by atoms with van der Waals surface area (Å²) < 4.78 is 50.3. The molecule has 1 aromatic rings. The first-order valence-corrected chi connectivity index (χ1v) is 10.2. The summed E-state index contributed by atoms with van der Waals surface area (Å²) in [5.74, 6) is 0.660. The highest BCUT2D eigenvalue weighted by atomic mass is 19.4. The Kier molecular flexibility index (Phi) is 7.40. The zero-order valence-corrected chi connectivity index (χ0v) is 16.9. The number of nitrogens with one attached hydrogen (secondary N) is 2. The molecule has 5 nitrogen and oxygen atoms in total. The van der Waals surface area contributed by atoms with Crippen molar-refractivity contribution < 1.29 is 22.6 Å². The highest BCUT2D eigenvalue weighted by Gasteiger charge is 2.40. The third kappa shape index (κ3) is 5.85. The Labute approximate surface area is 170 Å². The number of ether oxygens (including phenoxy) is 2. The molecule has 1 aromatic carbocycles. The predicted molar refractivity (Wildman–Crippen MR) is 106 cm³/mol. The molecule has 3 rings (SSSR count). The number of hydrogen-bond donors (Lipinski definition) is 2. The molecule has 1 saturated carbocycles. The molecule has 0 amide bonds. The van der Waals surface area contributed by atoms with Crippen LogP contribution in [-0.2, 0) is 21.1 Å². The third-order valence-corrected chi connectivity index (χ3v) is 5.79. The zero-order valence-electron chi connectivity index (χ0n) is 16.9. The minimum absolute atomic E-state index is 0.207. The number of nitrogens with zero attached hydrogens (tertiary/aromatic N) is 1. The maximum atomic E-state index is 13.1. The summed E-state index contributed by atoms with van der Waals surface area (Å²) in [7, 11) is 1.69. The lowest BCUT2D eigenvalue weighted by molar-refractivity contribution is -0.137. The summed E-state index contributed by atoms with van der Waals surface area (Å²) in [5, 5.41) is 6.55. The van der Waals surface area contributed by atoms with Crippen molar-refractivity contribution in [2.45, 2.75) is 49.8 Å². The van der Waals surface area contributed by atoms with Crippen LogP contribution < -0.4 is 10.6 Å². The minimum atomic E-state index is -4.32. The Hall–Kier alpha value is -1.80. The van der Waals surface area contributed by atoms with Gasteiger partial charge >= 0.3 is 6.18 Å². The second-order valence-electron chi connectivity index (χ2n) is 7.77. The largest absolute Gasteiger partial charge is 0.416 e. The molecule has 1 aliphatic carbocycles. The number of alkyl halides is 3. The van der Waals surface area contributed by atoms with Crippen LogP contribution in [0.4, 0.5) is 13.2 Å². The fraction of sp³-hybridized carbons (Fsp3) is 0.667. The van der Waals surface area contributed by atoms with Gasteiger partial charge in [0.15, 0.2) is 5.96 Å². The normalized spacial score (nSPS) is 21.7. The van der Waals surface area contributed by atoms with Crippen LogP contribution in [0.3, 0.4) is 0 Å². The van der Waals surface area contributed by atoms with Gasteiger partial charge in [0, 0.05) is 38.8 Å². The number of halogens is 3. The summed E-state index contributed by atoms with van der Waals surface area (Å²) in [6.45, 7) is 3.38. The first-order valence-electron chi connectivity index (χ1n) is 10.2. The summed E-state index contributed by atoms with van der Waals surface area (Å²) in [6, 6.07) is 5.72. The zero-order chi connectivity index (χ0) is 20.7. The summed E-state index contributed by atoms with van der Waals surface area (Å²) in [6.07, 6.45) is 0.443. The second-order valence-corrected chi connectivity index (χ2v) is 7.77. The number of benzene rings is 1. The molecule has 1 atom stereocenters. The maximum Gasteiger partial charge on any atom is 0.416 e. The third-order valence-electron chi connectivity index (χ3n) is 5.79. The molecule has 1 aliphatic heterocycles. The Morgan fingerprint density at radius 2 is 2.14 bits per heavy atom. The summed E-state index contributed by atoms with van der Waals surface area (Å²) in [5.41, 5.74) is -0.116. The van der Waals surface area contributed by atoms with Crippen LogP contribution in [0.2, 0.25) is 0 Å². The smallest absolute Gasteiger partial charge is 0.379 e. The van der Waals surface area contributed by atoms with E-state index in [1.807, 2.05) is 0 Å². The molecule has 0 bridgehead atoms. The van der Waals surface area contributed by atoms with Crippen molar-refractivity contribution in [3.8, 4) is 0 Å². The Balaban J connectivity index is 1.47. The second kappa shape index (κ2) is 9.80. The number of hydrogen-bond acceptors (Lipinski definition) is 3. The highest BCUT2D eigenvalue weighted by Crippen LogP contribution is 2.44. The SMILES string of the molecule is CN=C(NCCCOC1CCOC1)NCC1(c2cccc(C(F)(F)F)c2)CCC1. The van der Waals surface area contributed by atoms with E-state index in [-0.39, 0.29) is 11.5 Å². The molecule has 1 heterocycles. The van der Waals surface area contributed by atoms with Gasteiger partial charge < -0.3 is 20.1 Å². The average molecular weight is 413 g/mol. The van der Waals surface area contributed by atoms with Crippen LogP contribution in [-0.4, -0.2) is 52.0 Å². The average Bonchev–Trinajstić information content (AvgIpc) is 3.18. The minimum Gasteiger partial charge on any atom is -0.379 e. The molecule has 1 saturated heterocycles. The molecule has 2 fully saturated rings. The van der Waals surface area contributed by atoms with Crippen molar-refractivity contribution in [3.63, 3.8) is 0 Å². The van der Waals surface area contributed by atoms with Crippen LogP contribution in [0.25, 0.3) is 0 Å². The maximum absolute atomic E-state index is 13.1. The van der Waals surface area contributed by atoms with Crippen molar-refractivity contribution in [2.24, 2.45) is 4.99 Å². The number of aliphatic imine (C=N–C) groups is 1. The van der Waals surface area contributed by atoms with Crippen LogP contribution in [0.1, 0.15) is 43.2 Å². The van der Waals surface area contributed by atoms with Gasteiger partial charge in [0.1, 0.15) is 0 Å². The van der Waals surface area contributed by atoms with Gasteiger partial charge in [-0.1, -0.05) is 24.6 Å². The van der Waals surface area contributed by atoms with Crippen LogP contribution >= 0.6 is 0 Å². The molecular formula is C21H30F3N3O2. The quantitative estimate of drug-likeness (QED) is 0.389. The Morgan fingerprint density at radius 3 is 2.76 bits per heavy atom. The lowest BCUT2D eigenvalue weighted by atomic mass is 9.64. The van der Waals surface area contributed by atoms with E-state index in [9.17, 15) is 13.2 Å². The van der Waals surface area contributed by atoms with Crippen molar-refractivity contribution in [2.75, 3.05) is 40.0 Å². The van der Waals surface area contributed by atoms with Gasteiger partial charge in [-0.25, -0.2) is 0 Å². The Bertz CT molecular complexity index is 684.